The predicted molar refractivity (Wildman–Crippen MR) is 112 cm³/mol. The number of pyridine rings is 1. The van der Waals surface area contributed by atoms with Gasteiger partial charge in [-0.25, -0.2) is 9.37 Å². The van der Waals surface area contributed by atoms with E-state index in [1.165, 1.54) is 21.0 Å². The van der Waals surface area contributed by atoms with Gasteiger partial charge in [-0.3, -0.25) is 4.79 Å². The number of hydrogen-bond donors (Lipinski definition) is 1. The van der Waals surface area contributed by atoms with Crippen molar-refractivity contribution in [1.82, 2.24) is 4.98 Å². The lowest BCUT2D eigenvalue weighted by molar-refractivity contribution is -0.120. The molecule has 1 fully saturated rings. The van der Waals surface area contributed by atoms with E-state index in [4.69, 9.17) is 0 Å². The van der Waals surface area contributed by atoms with Crippen LogP contribution in [0.2, 0.25) is 0 Å². The van der Waals surface area contributed by atoms with Crippen molar-refractivity contribution >= 4 is 54.8 Å². The molecule has 0 unspecified atom stereocenters. The van der Waals surface area contributed by atoms with Gasteiger partial charge in [0.2, 0.25) is 5.91 Å². The van der Waals surface area contributed by atoms with Gasteiger partial charge in [-0.2, -0.15) is 0 Å². The average molecular weight is 448 g/mol. The largest absolute Gasteiger partial charge is 0.356 e. The fourth-order valence-corrected chi connectivity index (χ4v) is 4.66. The number of fused-ring (bicyclic) bond motifs is 1. The van der Waals surface area contributed by atoms with Gasteiger partial charge in [0.1, 0.15) is 11.6 Å². The number of thiophene rings is 1. The molecule has 0 saturated carbocycles. The minimum Gasteiger partial charge on any atom is -0.356 e. The third-order valence-electron chi connectivity index (χ3n) is 4.90. The van der Waals surface area contributed by atoms with Crippen LogP contribution in [0.1, 0.15) is 17.7 Å². The van der Waals surface area contributed by atoms with Crippen molar-refractivity contribution in [1.29, 1.82) is 0 Å². The van der Waals surface area contributed by atoms with Crippen LogP contribution >= 0.6 is 27.3 Å². The van der Waals surface area contributed by atoms with E-state index in [1.54, 1.807) is 23.5 Å². The third-order valence-corrected chi connectivity index (χ3v) is 6.56. The molecule has 1 aliphatic rings. The summed E-state index contributed by atoms with van der Waals surface area (Å²) < 4.78 is 15.3. The van der Waals surface area contributed by atoms with E-state index in [1.807, 2.05) is 12.3 Å². The Hall–Kier alpha value is -1.99. The highest BCUT2D eigenvalue weighted by atomic mass is 79.9. The van der Waals surface area contributed by atoms with Gasteiger partial charge in [-0.05, 0) is 66.0 Å². The van der Waals surface area contributed by atoms with Crippen molar-refractivity contribution in [2.75, 3.05) is 23.3 Å². The molecule has 1 N–H and O–H groups in total. The number of anilines is 2. The zero-order valence-corrected chi connectivity index (χ0v) is 17.2. The van der Waals surface area contributed by atoms with Gasteiger partial charge in [0.05, 0.1) is 4.47 Å². The van der Waals surface area contributed by atoms with E-state index in [-0.39, 0.29) is 17.6 Å². The lowest BCUT2D eigenvalue weighted by atomic mass is 9.95. The minimum absolute atomic E-state index is 0.0473. The molecule has 27 heavy (non-hydrogen) atoms. The van der Waals surface area contributed by atoms with Crippen molar-refractivity contribution < 1.29 is 9.18 Å². The first kappa shape index (κ1) is 18.4. The second-order valence-electron chi connectivity index (χ2n) is 6.78. The van der Waals surface area contributed by atoms with Crippen molar-refractivity contribution in [2.24, 2.45) is 5.92 Å². The van der Waals surface area contributed by atoms with E-state index < -0.39 is 0 Å². The van der Waals surface area contributed by atoms with E-state index in [2.05, 4.69) is 44.1 Å². The molecule has 3 aromatic rings. The van der Waals surface area contributed by atoms with Crippen LogP contribution < -0.4 is 10.2 Å². The molecule has 140 valence electrons. The summed E-state index contributed by atoms with van der Waals surface area (Å²) >= 11 is 4.90. The standard InChI is InChI=1S/C20H19BrFN3OS/c1-12-10-15-18(27-12)4-7-23-19(15)25-8-5-13(6-9-25)20(26)24-14-2-3-16(21)17(22)11-14/h2-4,7,10-11,13H,5-6,8-9H2,1H3,(H,24,26). The van der Waals surface area contributed by atoms with Crippen LogP contribution in [-0.4, -0.2) is 24.0 Å². The summed E-state index contributed by atoms with van der Waals surface area (Å²) in [5.74, 6) is 0.504. The molecule has 0 atom stereocenters. The molecule has 1 aromatic carbocycles. The Labute approximate surface area is 169 Å². The number of hydrogen-bond acceptors (Lipinski definition) is 4. The first-order valence-corrected chi connectivity index (χ1v) is 10.5. The number of piperidine rings is 1. The van der Waals surface area contributed by atoms with Crippen LogP contribution in [0.3, 0.4) is 0 Å². The van der Waals surface area contributed by atoms with E-state index in [9.17, 15) is 9.18 Å². The van der Waals surface area contributed by atoms with Crippen LogP contribution in [-0.2, 0) is 4.79 Å². The number of aryl methyl sites for hydroxylation is 1. The molecular weight excluding hydrogens is 429 g/mol. The summed E-state index contributed by atoms with van der Waals surface area (Å²) in [6.45, 7) is 3.68. The Morgan fingerprint density at radius 1 is 1.30 bits per heavy atom. The van der Waals surface area contributed by atoms with Crippen LogP contribution in [0.15, 0.2) is 41.0 Å². The van der Waals surface area contributed by atoms with Crippen LogP contribution in [0, 0.1) is 18.7 Å². The molecule has 4 rings (SSSR count). The van der Waals surface area contributed by atoms with Gasteiger partial charge in [0.15, 0.2) is 0 Å². The molecule has 0 aliphatic carbocycles. The minimum atomic E-state index is -0.382. The molecule has 0 spiro atoms. The van der Waals surface area contributed by atoms with Gasteiger partial charge in [0, 0.05) is 45.9 Å². The molecule has 2 aromatic heterocycles. The first-order valence-electron chi connectivity index (χ1n) is 8.87. The van der Waals surface area contributed by atoms with Crippen LogP contribution in [0.4, 0.5) is 15.9 Å². The van der Waals surface area contributed by atoms with Crippen molar-refractivity contribution in [3.8, 4) is 0 Å². The Morgan fingerprint density at radius 2 is 2.07 bits per heavy atom. The van der Waals surface area contributed by atoms with E-state index in [0.29, 0.717) is 10.2 Å². The topological polar surface area (TPSA) is 45.2 Å². The molecule has 0 bridgehead atoms. The number of benzene rings is 1. The molecule has 3 heterocycles. The number of aromatic nitrogens is 1. The maximum absolute atomic E-state index is 13.6. The highest BCUT2D eigenvalue weighted by Crippen LogP contribution is 2.33. The molecule has 7 heteroatoms. The lowest BCUT2D eigenvalue weighted by Crippen LogP contribution is -2.38. The molecule has 1 saturated heterocycles. The number of nitrogens with one attached hydrogen (secondary N) is 1. The maximum Gasteiger partial charge on any atom is 0.227 e. The van der Waals surface area contributed by atoms with E-state index in [0.717, 1.165) is 31.7 Å². The predicted octanol–water partition coefficient (Wildman–Crippen LogP) is 5.36. The normalized spacial score (nSPS) is 15.3. The zero-order valence-electron chi connectivity index (χ0n) is 14.8. The Balaban J connectivity index is 1.42. The molecule has 1 amide bonds. The van der Waals surface area contributed by atoms with Crippen molar-refractivity contribution in [2.45, 2.75) is 19.8 Å². The highest BCUT2D eigenvalue weighted by Gasteiger charge is 2.26. The fourth-order valence-electron chi connectivity index (χ4n) is 3.50. The average Bonchev–Trinajstić information content (AvgIpc) is 3.05. The summed E-state index contributed by atoms with van der Waals surface area (Å²) in [4.78, 5) is 20.7. The second-order valence-corrected chi connectivity index (χ2v) is 8.93. The number of amides is 1. The zero-order chi connectivity index (χ0) is 19.0. The third kappa shape index (κ3) is 3.84. The fraction of sp³-hybridized carbons (Fsp3) is 0.300. The number of halogens is 2. The molecule has 4 nitrogen and oxygen atoms in total. The van der Waals surface area contributed by atoms with Gasteiger partial charge >= 0.3 is 0 Å². The summed E-state index contributed by atoms with van der Waals surface area (Å²) in [7, 11) is 0. The molecule has 0 radical (unpaired) electrons. The summed E-state index contributed by atoms with van der Waals surface area (Å²) in [6.07, 6.45) is 3.37. The number of carbonyl (C=O) groups excluding carboxylic acids is 1. The summed E-state index contributed by atoms with van der Waals surface area (Å²) in [6, 6.07) is 8.87. The Bertz CT molecular complexity index is 998. The van der Waals surface area contributed by atoms with Crippen LogP contribution in [0.25, 0.3) is 10.1 Å². The molecular formula is C20H19BrFN3OS. The molecule has 1 aliphatic heterocycles. The van der Waals surface area contributed by atoms with Gasteiger partial charge in [0.25, 0.3) is 0 Å². The lowest BCUT2D eigenvalue weighted by Gasteiger charge is -2.32. The quantitative estimate of drug-likeness (QED) is 0.587. The summed E-state index contributed by atoms with van der Waals surface area (Å²) in [5, 5.41) is 4.02. The summed E-state index contributed by atoms with van der Waals surface area (Å²) in [5.41, 5.74) is 0.489. The first-order chi connectivity index (χ1) is 13.0. The Kier molecular flexibility index (Phi) is 5.14. The second kappa shape index (κ2) is 7.56. The number of nitrogens with zero attached hydrogens (tertiary/aromatic N) is 2. The van der Waals surface area contributed by atoms with Crippen molar-refractivity contribution in [3.63, 3.8) is 0 Å². The van der Waals surface area contributed by atoms with Gasteiger partial charge in [-0.1, -0.05) is 0 Å². The monoisotopic (exact) mass is 447 g/mol. The van der Waals surface area contributed by atoms with Crippen molar-refractivity contribution in [3.05, 3.63) is 51.7 Å². The van der Waals surface area contributed by atoms with Gasteiger partial charge < -0.3 is 10.2 Å². The van der Waals surface area contributed by atoms with Gasteiger partial charge in [-0.15, -0.1) is 11.3 Å². The Morgan fingerprint density at radius 3 is 2.81 bits per heavy atom. The SMILES string of the molecule is Cc1cc2c(N3CCC(C(=O)Nc4ccc(Br)c(F)c4)CC3)nccc2s1. The smallest absolute Gasteiger partial charge is 0.227 e. The number of rotatable bonds is 3. The number of carbonyl (C=O) groups is 1. The van der Waals surface area contributed by atoms with Crippen LogP contribution in [0.5, 0.6) is 0 Å². The highest BCUT2D eigenvalue weighted by molar-refractivity contribution is 9.10. The maximum atomic E-state index is 13.6. The van der Waals surface area contributed by atoms with E-state index >= 15 is 0 Å².